The van der Waals surface area contributed by atoms with Crippen LogP contribution in [0, 0.1) is 19.8 Å². The van der Waals surface area contributed by atoms with Crippen molar-refractivity contribution in [3.63, 3.8) is 0 Å². The third-order valence-electron chi connectivity index (χ3n) is 6.87. The van der Waals surface area contributed by atoms with E-state index < -0.39 is 0 Å². The Morgan fingerprint density at radius 1 is 1.26 bits per heavy atom. The first-order valence-electron chi connectivity index (χ1n) is 11.2. The third kappa shape index (κ3) is 3.08. The molecular formula is C25H30N4O2. The number of carbonyl (C=O) groups excluding carboxylic acids is 1. The second-order valence-electron chi connectivity index (χ2n) is 9.30. The Bertz CT molecular complexity index is 1110. The lowest BCUT2D eigenvalue weighted by molar-refractivity contribution is 0.0749. The van der Waals surface area contributed by atoms with Crippen LogP contribution in [0.2, 0.25) is 0 Å². The van der Waals surface area contributed by atoms with E-state index in [4.69, 9.17) is 9.40 Å². The maximum absolute atomic E-state index is 13.3. The van der Waals surface area contributed by atoms with Crippen molar-refractivity contribution in [1.29, 1.82) is 0 Å². The molecule has 0 radical (unpaired) electrons. The Balaban J connectivity index is 1.55. The normalized spacial score (nSPS) is 19.9. The van der Waals surface area contributed by atoms with Crippen molar-refractivity contribution >= 4 is 11.6 Å². The molecule has 0 unspecified atom stereocenters. The van der Waals surface area contributed by atoms with Crippen molar-refractivity contribution in [2.75, 3.05) is 24.5 Å². The van der Waals surface area contributed by atoms with Gasteiger partial charge in [0, 0.05) is 25.5 Å². The van der Waals surface area contributed by atoms with Crippen LogP contribution >= 0.6 is 0 Å². The van der Waals surface area contributed by atoms with Crippen molar-refractivity contribution in [3.8, 4) is 5.82 Å². The zero-order valence-corrected chi connectivity index (χ0v) is 18.8. The van der Waals surface area contributed by atoms with E-state index in [2.05, 4.69) is 47.7 Å². The summed E-state index contributed by atoms with van der Waals surface area (Å²) in [5, 5.41) is 0. The Labute approximate surface area is 183 Å². The highest BCUT2D eigenvalue weighted by molar-refractivity contribution is 5.92. The van der Waals surface area contributed by atoms with Gasteiger partial charge in [0.1, 0.15) is 11.3 Å². The third-order valence-corrected chi connectivity index (χ3v) is 6.87. The van der Waals surface area contributed by atoms with Crippen LogP contribution in [0.15, 0.2) is 47.1 Å². The molecule has 3 aromatic heterocycles. The molecule has 6 heteroatoms. The molecule has 2 aliphatic heterocycles. The lowest BCUT2D eigenvalue weighted by atomic mass is 9.88. The number of anilines is 1. The van der Waals surface area contributed by atoms with Gasteiger partial charge in [0.25, 0.3) is 5.91 Å². The van der Waals surface area contributed by atoms with Gasteiger partial charge in [-0.2, -0.15) is 0 Å². The molecule has 0 aliphatic carbocycles. The van der Waals surface area contributed by atoms with Crippen molar-refractivity contribution in [2.24, 2.45) is 5.92 Å². The fraction of sp³-hybridized carbons (Fsp3) is 0.440. The van der Waals surface area contributed by atoms with Gasteiger partial charge >= 0.3 is 0 Å². The maximum atomic E-state index is 13.3. The summed E-state index contributed by atoms with van der Waals surface area (Å²) >= 11 is 0. The molecule has 1 fully saturated rings. The van der Waals surface area contributed by atoms with E-state index in [0.29, 0.717) is 24.8 Å². The zero-order valence-electron chi connectivity index (χ0n) is 18.8. The number of furan rings is 1. The summed E-state index contributed by atoms with van der Waals surface area (Å²) in [7, 11) is 0. The van der Waals surface area contributed by atoms with Gasteiger partial charge in [-0.1, -0.05) is 13.8 Å². The monoisotopic (exact) mass is 418 g/mol. The lowest BCUT2D eigenvalue weighted by Gasteiger charge is -2.47. The molecule has 0 N–H and O–H groups in total. The number of hydrogen-bond donors (Lipinski definition) is 0. The molecule has 5 heterocycles. The molecule has 6 nitrogen and oxygen atoms in total. The minimum atomic E-state index is -0.263. The molecule has 1 atom stereocenters. The molecule has 5 rings (SSSR count). The van der Waals surface area contributed by atoms with Crippen molar-refractivity contribution in [1.82, 2.24) is 14.5 Å². The van der Waals surface area contributed by atoms with Crippen LogP contribution in [0.5, 0.6) is 0 Å². The van der Waals surface area contributed by atoms with E-state index in [-0.39, 0.29) is 11.4 Å². The van der Waals surface area contributed by atoms with Gasteiger partial charge in [0.05, 0.1) is 17.9 Å². The van der Waals surface area contributed by atoms with Crippen molar-refractivity contribution < 1.29 is 9.21 Å². The van der Waals surface area contributed by atoms with Crippen LogP contribution in [0.4, 0.5) is 5.69 Å². The number of pyridine rings is 1. The molecular weight excluding hydrogens is 388 g/mol. The zero-order chi connectivity index (χ0) is 21.8. The summed E-state index contributed by atoms with van der Waals surface area (Å²) in [6, 6.07) is 10.3. The highest BCUT2D eigenvalue weighted by atomic mass is 16.4. The topological polar surface area (TPSA) is 54.5 Å². The predicted molar refractivity (Wildman–Crippen MR) is 121 cm³/mol. The molecule has 1 spiro atoms. The van der Waals surface area contributed by atoms with Crippen LogP contribution in [0.3, 0.4) is 0 Å². The number of hydrogen-bond acceptors (Lipinski definition) is 4. The standard InChI is InChI=1S/C25H30N4O2/c1-17(2)9-13-29-20-7-5-11-26-23(20)28-12-6-8-22(28)25(29)10-14-27(16-25)24(30)21-15-18(3)19(4)31-21/h5-8,11-12,15,17H,9-10,13-14,16H2,1-4H3/t25-/m0/s1. The summed E-state index contributed by atoms with van der Waals surface area (Å²) < 4.78 is 7.97. The summed E-state index contributed by atoms with van der Waals surface area (Å²) in [5.41, 5.74) is 3.11. The number of likely N-dealkylation sites (tertiary alicyclic amines) is 1. The van der Waals surface area contributed by atoms with Crippen LogP contribution in [0.1, 0.15) is 54.3 Å². The minimum absolute atomic E-state index is 0.0213. The molecule has 0 bridgehead atoms. The van der Waals surface area contributed by atoms with Gasteiger partial charge in [-0.3, -0.25) is 4.79 Å². The molecule has 2 aliphatic rings. The highest BCUT2D eigenvalue weighted by Crippen LogP contribution is 2.47. The summed E-state index contributed by atoms with van der Waals surface area (Å²) in [6.45, 7) is 10.7. The smallest absolute Gasteiger partial charge is 0.289 e. The van der Waals surface area contributed by atoms with E-state index in [0.717, 1.165) is 42.2 Å². The van der Waals surface area contributed by atoms with E-state index in [1.54, 1.807) is 0 Å². The molecule has 1 amide bonds. The minimum Gasteiger partial charge on any atom is -0.456 e. The number of fused-ring (bicyclic) bond motifs is 4. The van der Waals surface area contributed by atoms with Crippen LogP contribution in [0.25, 0.3) is 5.82 Å². The molecule has 1 saturated heterocycles. The van der Waals surface area contributed by atoms with Gasteiger partial charge in [-0.15, -0.1) is 0 Å². The van der Waals surface area contributed by atoms with Gasteiger partial charge in [0.15, 0.2) is 11.6 Å². The number of aromatic nitrogens is 2. The SMILES string of the molecule is Cc1cc(C(=O)N2CC[C@]3(C2)c2cccn2-c2ncccc2N3CCC(C)C)oc1C. The van der Waals surface area contributed by atoms with E-state index >= 15 is 0 Å². The van der Waals surface area contributed by atoms with E-state index in [1.807, 2.05) is 37.1 Å². The fourth-order valence-corrected chi connectivity index (χ4v) is 5.05. The van der Waals surface area contributed by atoms with Gasteiger partial charge in [0.2, 0.25) is 0 Å². The number of amides is 1. The first-order chi connectivity index (χ1) is 14.9. The predicted octanol–water partition coefficient (Wildman–Crippen LogP) is 4.69. The average Bonchev–Trinajstić information content (AvgIpc) is 3.47. The number of aryl methyl sites for hydroxylation is 2. The number of nitrogens with zero attached hydrogens (tertiary/aromatic N) is 4. The number of rotatable bonds is 4. The van der Waals surface area contributed by atoms with Crippen molar-refractivity contribution in [2.45, 2.75) is 46.1 Å². The molecule has 3 aromatic rings. The Morgan fingerprint density at radius 3 is 2.84 bits per heavy atom. The Morgan fingerprint density at radius 2 is 2.10 bits per heavy atom. The average molecular weight is 419 g/mol. The van der Waals surface area contributed by atoms with Crippen molar-refractivity contribution in [3.05, 3.63) is 65.5 Å². The van der Waals surface area contributed by atoms with Crippen LogP contribution < -0.4 is 4.90 Å². The molecule has 31 heavy (non-hydrogen) atoms. The summed E-state index contributed by atoms with van der Waals surface area (Å²) in [6.07, 6.45) is 5.91. The maximum Gasteiger partial charge on any atom is 0.289 e. The van der Waals surface area contributed by atoms with E-state index in [9.17, 15) is 4.79 Å². The molecule has 0 aromatic carbocycles. The van der Waals surface area contributed by atoms with Gasteiger partial charge in [-0.25, -0.2) is 4.98 Å². The Kier molecular flexibility index (Phi) is 4.68. The fourth-order valence-electron chi connectivity index (χ4n) is 5.05. The summed E-state index contributed by atoms with van der Waals surface area (Å²) in [4.78, 5) is 22.5. The first kappa shape index (κ1) is 19.9. The lowest BCUT2D eigenvalue weighted by Crippen LogP contribution is -2.53. The Hall–Kier alpha value is -3.02. The summed E-state index contributed by atoms with van der Waals surface area (Å²) in [5.74, 6) is 2.79. The van der Waals surface area contributed by atoms with Gasteiger partial charge in [-0.05, 0) is 68.5 Å². The molecule has 162 valence electrons. The second-order valence-corrected chi connectivity index (χ2v) is 9.30. The van der Waals surface area contributed by atoms with Crippen LogP contribution in [-0.4, -0.2) is 40.0 Å². The van der Waals surface area contributed by atoms with Gasteiger partial charge < -0.3 is 18.8 Å². The quantitative estimate of drug-likeness (QED) is 0.617. The highest BCUT2D eigenvalue weighted by Gasteiger charge is 2.51. The molecule has 0 saturated carbocycles. The van der Waals surface area contributed by atoms with E-state index in [1.165, 1.54) is 5.69 Å². The first-order valence-corrected chi connectivity index (χ1v) is 11.2. The largest absolute Gasteiger partial charge is 0.456 e. The van der Waals surface area contributed by atoms with Crippen LogP contribution in [-0.2, 0) is 5.54 Å². The second kappa shape index (κ2) is 7.29. The number of carbonyl (C=O) groups is 1.